The molecule has 30 atom stereocenters. The van der Waals surface area contributed by atoms with E-state index in [2.05, 4.69) is 40.9 Å². The van der Waals surface area contributed by atoms with Gasteiger partial charge >= 0.3 is 5.97 Å². The van der Waals surface area contributed by atoms with Gasteiger partial charge in [0, 0.05) is 63.7 Å². The summed E-state index contributed by atoms with van der Waals surface area (Å²) >= 11 is 0. The van der Waals surface area contributed by atoms with Crippen molar-refractivity contribution < 1.29 is 91.2 Å². The van der Waals surface area contributed by atoms with Gasteiger partial charge in [-0.15, -0.1) is 0 Å². The van der Waals surface area contributed by atoms with E-state index in [1.807, 2.05) is 12.1 Å². The summed E-state index contributed by atoms with van der Waals surface area (Å²) in [5.74, 6) is -0.835. The number of rotatable bonds is 2. The van der Waals surface area contributed by atoms with E-state index in [9.17, 15) is 25.2 Å². The number of fused-ring (bicyclic) bond motifs is 7. The molecule has 2 unspecified atom stereocenters. The van der Waals surface area contributed by atoms with Gasteiger partial charge in [0.2, 0.25) is 0 Å². The van der Waals surface area contributed by atoms with Crippen molar-refractivity contribution in [2.24, 2.45) is 23.7 Å². The van der Waals surface area contributed by atoms with Gasteiger partial charge in [-0.05, 0) is 86.0 Å². The Balaban J connectivity index is 0.676. The zero-order valence-corrected chi connectivity index (χ0v) is 46.9. The number of esters is 1. The normalized spacial score (nSPS) is 53.5. The summed E-state index contributed by atoms with van der Waals surface area (Å²) in [6, 6.07) is 3.71. The van der Waals surface area contributed by atoms with Gasteiger partial charge in [0.05, 0.1) is 123 Å². The Labute approximate surface area is 468 Å². The fourth-order valence-electron chi connectivity index (χ4n) is 17.2. The molecule has 10 bridgehead atoms. The van der Waals surface area contributed by atoms with Gasteiger partial charge in [-0.25, -0.2) is 0 Å². The van der Waals surface area contributed by atoms with Crippen LogP contribution in [0.15, 0.2) is 40.9 Å². The van der Waals surface area contributed by atoms with E-state index >= 15 is 0 Å². The van der Waals surface area contributed by atoms with E-state index in [0.29, 0.717) is 76.4 Å². The van der Waals surface area contributed by atoms with E-state index in [4.69, 9.17) is 66.0 Å². The number of aryl methyl sites for hydroxylation is 1. The van der Waals surface area contributed by atoms with Crippen LogP contribution in [0.5, 0.6) is 0 Å². The highest BCUT2D eigenvalue weighted by Crippen LogP contribution is 2.56. The van der Waals surface area contributed by atoms with E-state index < -0.39 is 84.7 Å². The molecule has 16 heterocycles. The lowest BCUT2D eigenvalue weighted by molar-refractivity contribution is -0.369. The third-order valence-electron chi connectivity index (χ3n) is 21.2. The first-order valence-corrected chi connectivity index (χ1v) is 30.7. The topological polar surface area (TPSA) is 231 Å². The molecule has 1 aromatic rings. The second-order valence-corrected chi connectivity index (χ2v) is 26.9. The maximum absolute atomic E-state index is 14.4. The van der Waals surface area contributed by atoms with Gasteiger partial charge in [-0.2, -0.15) is 0 Å². The molecule has 0 aromatic carbocycles. The van der Waals surface area contributed by atoms with Crippen molar-refractivity contribution in [3.8, 4) is 0 Å². The lowest BCUT2D eigenvalue weighted by Crippen LogP contribution is -2.62. The molecular weight excluding hydrogens is 1040 g/mol. The molecule has 0 radical (unpaired) electrons. The summed E-state index contributed by atoms with van der Waals surface area (Å²) in [5, 5.41) is 43.0. The minimum atomic E-state index is -1.31. The first kappa shape index (κ1) is 55.5. The van der Waals surface area contributed by atoms with Crippen molar-refractivity contribution in [2.45, 2.75) is 295 Å². The first-order valence-electron chi connectivity index (χ1n) is 30.7. The first-order chi connectivity index (χ1) is 38.5. The lowest BCUT2D eigenvalue weighted by atomic mass is 9.78. The van der Waals surface area contributed by atoms with Crippen LogP contribution in [0.3, 0.4) is 0 Å². The molecule has 4 N–H and O–H groups in total. The summed E-state index contributed by atoms with van der Waals surface area (Å²) in [6.07, 6.45) is -1.14. The van der Waals surface area contributed by atoms with Crippen LogP contribution in [0.2, 0.25) is 0 Å². The smallest absolute Gasteiger partial charge is 0.308 e. The van der Waals surface area contributed by atoms with E-state index in [0.717, 1.165) is 49.0 Å². The van der Waals surface area contributed by atoms with Gasteiger partial charge in [-0.3, -0.25) is 4.79 Å². The molecule has 0 saturated carbocycles. The molecule has 12 saturated heterocycles. The molecule has 444 valence electrons. The quantitative estimate of drug-likeness (QED) is 0.211. The monoisotopic (exact) mass is 1120 g/mol. The number of aliphatic hydroxyl groups excluding tert-OH is 4. The zero-order chi connectivity index (χ0) is 55.1. The second kappa shape index (κ2) is 21.5. The van der Waals surface area contributed by atoms with Crippen LogP contribution >= 0.6 is 0 Å². The maximum atomic E-state index is 14.4. The molecule has 19 nitrogen and oxygen atoms in total. The Kier molecular flexibility index (Phi) is 14.9. The van der Waals surface area contributed by atoms with Crippen LogP contribution < -0.4 is 0 Å². The summed E-state index contributed by atoms with van der Waals surface area (Å²) in [5.41, 5.74) is 2.08. The Morgan fingerprint density at radius 1 is 0.575 bits per heavy atom. The minimum Gasteiger partial charge on any atom is -0.463 e. The number of carbonyl (C=O) groups excluding carboxylic acids is 1. The van der Waals surface area contributed by atoms with Crippen LogP contribution in [-0.2, 0) is 72.8 Å². The Bertz CT molecular complexity index is 2450. The molecule has 2 spiro atoms. The van der Waals surface area contributed by atoms with Gasteiger partial charge in [-0.1, -0.05) is 40.9 Å². The predicted octanol–water partition coefficient (Wildman–Crippen LogP) is 5.52. The number of ether oxygens (including phenoxy) is 13. The van der Waals surface area contributed by atoms with Crippen molar-refractivity contribution in [3.05, 3.63) is 48.0 Å². The van der Waals surface area contributed by atoms with Gasteiger partial charge < -0.3 is 86.4 Å². The molecule has 16 rings (SSSR count). The number of hydrogen-bond acceptors (Lipinski definition) is 19. The van der Waals surface area contributed by atoms with Gasteiger partial charge in [0.1, 0.15) is 48.1 Å². The van der Waals surface area contributed by atoms with Crippen LogP contribution in [0.4, 0.5) is 0 Å². The molecule has 12 fully saturated rings. The second-order valence-electron chi connectivity index (χ2n) is 26.9. The zero-order valence-electron chi connectivity index (χ0n) is 46.9. The Hall–Kier alpha value is -2.41. The highest BCUT2D eigenvalue weighted by molar-refractivity contribution is 5.70. The van der Waals surface area contributed by atoms with E-state index in [-0.39, 0.29) is 116 Å². The fraction of sp³-hybridized carbons (Fsp3) is 0.852. The summed E-state index contributed by atoms with van der Waals surface area (Å²) in [7, 11) is 0. The molecule has 0 aliphatic carbocycles. The number of carbonyl (C=O) groups is 1. The number of hydrogen-bond donors (Lipinski definition) is 4. The third kappa shape index (κ3) is 10.1. The van der Waals surface area contributed by atoms with Crippen LogP contribution in [0, 0.1) is 23.7 Å². The minimum absolute atomic E-state index is 0.000959. The fourth-order valence-corrected chi connectivity index (χ4v) is 17.2. The SMILES string of the molecule is C=C1C[C@@H]2CCc3ccc(o3)[C@@H]3O[C@H]4CC[C@H](CC(=O)O[C@@H]5[C@@H](C)[C@@H]6O[C@@H]7C[C@@]8(C[C@@H]9O[C@]%10(C[C@H](C)[C@@H]%11O[C@@H]%12CC(C(O)CO)O[C@@H]%12C[C@@H]%11O%10)C[C@H](C)[C@@H]9O8)O[C@@H]7C[C@@H]6O[C@H]5C[C@H]5O[C@@H](CC[C@@H]1O2)C[C@@H](C)C5=C)O[C@@H]4[C@H](O)[C@@H]3O. The third-order valence-corrected chi connectivity index (χ3v) is 21.2. The Morgan fingerprint density at radius 3 is 2.11 bits per heavy atom. The van der Waals surface area contributed by atoms with Crippen molar-refractivity contribution in [3.63, 3.8) is 0 Å². The van der Waals surface area contributed by atoms with Gasteiger partial charge in [0.15, 0.2) is 11.6 Å². The molecule has 1 aromatic heterocycles. The van der Waals surface area contributed by atoms with Gasteiger partial charge in [0.25, 0.3) is 0 Å². The Morgan fingerprint density at radius 2 is 1.27 bits per heavy atom. The van der Waals surface area contributed by atoms with Crippen molar-refractivity contribution in [2.75, 3.05) is 6.61 Å². The molecule has 15 aliphatic rings. The van der Waals surface area contributed by atoms with Crippen molar-refractivity contribution >= 4 is 5.97 Å². The number of aliphatic hydroxyl groups is 4. The molecule has 19 heteroatoms. The summed E-state index contributed by atoms with van der Waals surface area (Å²) in [4.78, 5) is 14.4. The average Bonchev–Trinajstić information content (AvgIpc) is 4.37. The van der Waals surface area contributed by atoms with E-state index in [1.165, 1.54) is 0 Å². The molecular formula is C61H86O19. The highest BCUT2D eigenvalue weighted by atomic mass is 16.8. The average molecular weight is 1120 g/mol. The molecule has 0 amide bonds. The standard InChI is InChI=1S/C61H86O19/c1-27-15-35-10-12-38-28(2)16-34(68-38)8-7-33-9-13-39(67-33)59-53(66)52(65)58-40(73-59)14-11-36(70-58)17-51(64)76-57-32(6)56-47(72-46(57)18-41(69-35)31(27)5)21-45-49(75-56)24-61(77-45)25-50-55(80-61)30(4)23-60(79-50)22-29(3)54-48(78-60)20-43-44(74-54)19-42(71-43)37(63)26-62/h9,13,27,29-30,32,34-38,40-50,52-59,62-63,65-66H,2,5,7-8,10-12,14-26H2,1,3-4,6H3/t27-,29+,30+,32+,34+,35+,36-,37?,38+,40+,41-,42?,43-,44-,45-,46+,47+,48+,49-,50+,52-,53+,54+,55+,56+,57-,58+,59+,60-,61-/m1/s1. The largest absolute Gasteiger partial charge is 0.463 e. The van der Waals surface area contributed by atoms with Crippen LogP contribution in [0.25, 0.3) is 0 Å². The van der Waals surface area contributed by atoms with Crippen molar-refractivity contribution in [1.82, 2.24) is 0 Å². The van der Waals surface area contributed by atoms with Crippen LogP contribution in [-0.4, -0.2) is 185 Å². The maximum Gasteiger partial charge on any atom is 0.308 e. The summed E-state index contributed by atoms with van der Waals surface area (Å²) in [6.45, 7) is 17.4. The molecule has 80 heavy (non-hydrogen) atoms. The predicted molar refractivity (Wildman–Crippen MR) is 279 cm³/mol. The number of furan rings is 1. The van der Waals surface area contributed by atoms with Crippen molar-refractivity contribution in [1.29, 1.82) is 0 Å². The van der Waals surface area contributed by atoms with Crippen LogP contribution in [0.1, 0.15) is 148 Å². The summed E-state index contributed by atoms with van der Waals surface area (Å²) < 4.78 is 94.6. The lowest BCUT2D eigenvalue weighted by Gasteiger charge is -2.54. The highest BCUT2D eigenvalue weighted by Gasteiger charge is 2.66. The van der Waals surface area contributed by atoms with E-state index in [1.54, 1.807) is 0 Å². The molecule has 15 aliphatic heterocycles.